The number of anilines is 1. The second-order valence-electron chi connectivity index (χ2n) is 10.6. The van der Waals surface area contributed by atoms with E-state index in [-0.39, 0.29) is 24.1 Å². The van der Waals surface area contributed by atoms with E-state index in [2.05, 4.69) is 9.72 Å². The molecule has 2 aliphatic rings. The molecule has 2 aliphatic heterocycles. The summed E-state index contributed by atoms with van der Waals surface area (Å²) in [5.41, 5.74) is 4.38. The van der Waals surface area contributed by atoms with Gasteiger partial charge in [-0.05, 0) is 62.9 Å². The fourth-order valence-corrected chi connectivity index (χ4v) is 6.98. The van der Waals surface area contributed by atoms with Gasteiger partial charge in [0.25, 0.3) is 0 Å². The maximum Gasteiger partial charge on any atom is 0.227 e. The van der Waals surface area contributed by atoms with E-state index in [1.807, 2.05) is 32.0 Å². The average Bonchev–Trinajstić information content (AvgIpc) is 3.59. The van der Waals surface area contributed by atoms with Gasteiger partial charge >= 0.3 is 0 Å². The molecule has 0 aliphatic carbocycles. The van der Waals surface area contributed by atoms with Crippen LogP contribution in [0.2, 0.25) is 0 Å². The van der Waals surface area contributed by atoms with Crippen molar-refractivity contribution in [1.29, 1.82) is 0 Å². The number of carbonyl (C=O) groups is 1. The molecule has 6 rings (SSSR count). The Balaban J connectivity index is 1.48. The number of amides is 1. The molecule has 210 valence electrons. The summed E-state index contributed by atoms with van der Waals surface area (Å²) in [4.78, 5) is 19.6. The molecular weight excluding hydrogens is 540 g/mol. The van der Waals surface area contributed by atoms with Crippen LogP contribution in [-0.2, 0) is 14.8 Å². The van der Waals surface area contributed by atoms with Crippen LogP contribution in [0.3, 0.4) is 0 Å². The number of aromatic nitrogens is 3. The minimum Gasteiger partial charge on any atom is -0.361 e. The predicted molar refractivity (Wildman–Crippen MR) is 145 cm³/mol. The van der Waals surface area contributed by atoms with Crippen LogP contribution in [-0.4, -0.2) is 52.7 Å². The minimum atomic E-state index is -3.31. The smallest absolute Gasteiger partial charge is 0.227 e. The molecule has 0 spiro atoms. The third-order valence-electron chi connectivity index (χ3n) is 7.99. The van der Waals surface area contributed by atoms with Gasteiger partial charge in [-0.1, -0.05) is 11.2 Å². The normalized spacial score (nSPS) is 19.3. The van der Waals surface area contributed by atoms with Crippen LogP contribution in [0.4, 0.5) is 14.5 Å². The van der Waals surface area contributed by atoms with Gasteiger partial charge in [-0.3, -0.25) is 4.79 Å². The Morgan fingerprint density at radius 3 is 2.40 bits per heavy atom. The highest BCUT2D eigenvalue weighted by molar-refractivity contribution is 7.88. The Bertz CT molecular complexity index is 1720. The summed E-state index contributed by atoms with van der Waals surface area (Å²) in [6.07, 6.45) is 3.06. The number of carbonyl (C=O) groups excluding carboxylic acids is 1. The molecule has 0 radical (unpaired) electrons. The van der Waals surface area contributed by atoms with E-state index in [4.69, 9.17) is 9.51 Å². The summed E-state index contributed by atoms with van der Waals surface area (Å²) in [6.45, 7) is 4.47. The maximum absolute atomic E-state index is 14.2. The monoisotopic (exact) mass is 569 g/mol. The first-order chi connectivity index (χ1) is 19.0. The highest BCUT2D eigenvalue weighted by Gasteiger charge is 2.39. The van der Waals surface area contributed by atoms with Crippen LogP contribution in [0.5, 0.6) is 0 Å². The number of sulfonamides is 1. The molecule has 2 saturated heterocycles. The molecule has 2 aromatic carbocycles. The Hall–Kier alpha value is -3.64. The molecule has 40 heavy (non-hydrogen) atoms. The maximum atomic E-state index is 14.2. The third kappa shape index (κ3) is 4.48. The molecule has 0 N–H and O–H groups in total. The number of halogens is 2. The number of nitrogens with zero attached hydrogens (tertiary/aromatic N) is 5. The Morgan fingerprint density at radius 1 is 1.00 bits per heavy atom. The van der Waals surface area contributed by atoms with E-state index in [1.165, 1.54) is 21.5 Å². The van der Waals surface area contributed by atoms with Crippen LogP contribution in [0.25, 0.3) is 22.2 Å². The van der Waals surface area contributed by atoms with Crippen molar-refractivity contribution in [3.63, 3.8) is 0 Å². The second kappa shape index (κ2) is 9.77. The van der Waals surface area contributed by atoms with Gasteiger partial charge in [0.15, 0.2) is 11.6 Å². The molecule has 1 amide bonds. The van der Waals surface area contributed by atoms with Gasteiger partial charge < -0.3 is 14.0 Å². The van der Waals surface area contributed by atoms with Gasteiger partial charge in [0.05, 0.1) is 29.0 Å². The molecule has 1 atom stereocenters. The first-order valence-electron chi connectivity index (χ1n) is 13.2. The summed E-state index contributed by atoms with van der Waals surface area (Å²) >= 11 is 0. The number of aryl methyl sites for hydroxylation is 2. The van der Waals surface area contributed by atoms with E-state index >= 15 is 0 Å². The van der Waals surface area contributed by atoms with Crippen molar-refractivity contribution >= 4 is 32.7 Å². The molecule has 0 bridgehead atoms. The number of rotatable bonds is 5. The Kier molecular flexibility index (Phi) is 6.49. The predicted octanol–water partition coefficient (Wildman–Crippen LogP) is 5.05. The van der Waals surface area contributed by atoms with Gasteiger partial charge in [0, 0.05) is 42.9 Å². The van der Waals surface area contributed by atoms with Crippen LogP contribution in [0.15, 0.2) is 40.9 Å². The highest BCUT2D eigenvalue weighted by atomic mass is 32.2. The van der Waals surface area contributed by atoms with Crippen molar-refractivity contribution in [3.8, 4) is 11.1 Å². The SMILES string of the molecule is Cc1noc(C)c1-c1ccc2c(c1)nc([C@@H]1CCC(=O)N1c1ccc(F)c(F)c1)n2C1CCN(S(C)(=O)=O)CC1. The number of piperidine rings is 1. The van der Waals surface area contributed by atoms with Crippen molar-refractivity contribution in [2.45, 2.75) is 51.6 Å². The molecule has 12 heteroatoms. The van der Waals surface area contributed by atoms with Gasteiger partial charge in [-0.15, -0.1) is 0 Å². The van der Waals surface area contributed by atoms with E-state index in [1.54, 1.807) is 0 Å². The van der Waals surface area contributed by atoms with Crippen molar-refractivity contribution < 1.29 is 26.5 Å². The molecule has 9 nitrogen and oxygen atoms in total. The fraction of sp³-hybridized carbons (Fsp3) is 0.393. The van der Waals surface area contributed by atoms with Crippen molar-refractivity contribution in [1.82, 2.24) is 19.0 Å². The quantitative estimate of drug-likeness (QED) is 0.333. The number of imidazole rings is 1. The lowest BCUT2D eigenvalue weighted by Gasteiger charge is -2.33. The largest absolute Gasteiger partial charge is 0.361 e. The summed E-state index contributed by atoms with van der Waals surface area (Å²) in [6, 6.07) is 8.83. The lowest BCUT2D eigenvalue weighted by Crippen LogP contribution is -2.39. The van der Waals surface area contributed by atoms with Crippen LogP contribution in [0.1, 0.15) is 55.0 Å². The average molecular weight is 570 g/mol. The summed E-state index contributed by atoms with van der Waals surface area (Å²) in [7, 11) is -3.31. The second-order valence-corrected chi connectivity index (χ2v) is 12.5. The zero-order chi connectivity index (χ0) is 28.3. The van der Waals surface area contributed by atoms with Crippen molar-refractivity contribution in [2.24, 2.45) is 0 Å². The number of hydrogen-bond acceptors (Lipinski definition) is 6. The van der Waals surface area contributed by atoms with Gasteiger partial charge in [0.2, 0.25) is 15.9 Å². The van der Waals surface area contributed by atoms with Crippen molar-refractivity contribution in [3.05, 3.63) is 65.3 Å². The minimum absolute atomic E-state index is 0.0644. The summed E-state index contributed by atoms with van der Waals surface area (Å²) in [5, 5.41) is 4.07. The standard InChI is InChI=1S/C28H29F2N5O4S/c1-16-27(17(2)39-32-16)18-4-7-24-23(14-18)31-28(35(24)19-10-12-33(13-11-19)40(3,37)38)25-8-9-26(36)34(25)20-5-6-21(29)22(30)15-20/h4-7,14-15,19,25H,8-13H2,1-3H3/t25-/m0/s1. The number of hydrogen-bond donors (Lipinski definition) is 0. The summed E-state index contributed by atoms with van der Waals surface area (Å²) < 4.78 is 61.2. The Labute approximate surface area is 230 Å². The Morgan fingerprint density at radius 2 is 1.75 bits per heavy atom. The fourth-order valence-electron chi connectivity index (χ4n) is 6.11. The number of fused-ring (bicyclic) bond motifs is 1. The molecule has 2 fully saturated rings. The molecule has 0 unspecified atom stereocenters. The zero-order valence-electron chi connectivity index (χ0n) is 22.4. The third-order valence-corrected chi connectivity index (χ3v) is 9.29. The lowest BCUT2D eigenvalue weighted by molar-refractivity contribution is -0.117. The highest BCUT2D eigenvalue weighted by Crippen LogP contribution is 2.41. The molecular formula is C28H29F2N5O4S. The summed E-state index contributed by atoms with van der Waals surface area (Å²) in [5.74, 6) is -0.877. The number of benzene rings is 2. The van der Waals surface area contributed by atoms with Crippen LogP contribution >= 0.6 is 0 Å². The van der Waals surface area contributed by atoms with E-state index in [0.29, 0.717) is 49.5 Å². The molecule has 4 aromatic rings. The van der Waals surface area contributed by atoms with Gasteiger partial charge in [-0.2, -0.15) is 0 Å². The van der Waals surface area contributed by atoms with E-state index < -0.39 is 27.7 Å². The topological polar surface area (TPSA) is 102 Å². The molecule has 2 aromatic heterocycles. The van der Waals surface area contributed by atoms with Crippen molar-refractivity contribution in [2.75, 3.05) is 24.2 Å². The lowest BCUT2D eigenvalue weighted by atomic mass is 10.0. The van der Waals surface area contributed by atoms with Gasteiger partial charge in [0.1, 0.15) is 11.6 Å². The first kappa shape index (κ1) is 26.6. The van der Waals surface area contributed by atoms with E-state index in [9.17, 15) is 22.0 Å². The van der Waals surface area contributed by atoms with Gasteiger partial charge in [-0.25, -0.2) is 26.5 Å². The van der Waals surface area contributed by atoms with Crippen LogP contribution < -0.4 is 4.90 Å². The van der Waals surface area contributed by atoms with Crippen LogP contribution in [0, 0.1) is 25.5 Å². The molecule has 0 saturated carbocycles. The first-order valence-corrected chi connectivity index (χ1v) is 15.0. The zero-order valence-corrected chi connectivity index (χ0v) is 23.2. The van der Waals surface area contributed by atoms with E-state index in [0.717, 1.165) is 34.5 Å². The molecule has 4 heterocycles.